The number of aromatic amines is 1. The van der Waals surface area contributed by atoms with Crippen LogP contribution in [0.5, 0.6) is 0 Å². The number of carbonyl (C=O) groups excluding carboxylic acids is 1. The number of non-ortho nitro benzene ring substituents is 1. The van der Waals surface area contributed by atoms with Crippen LogP contribution in [0, 0.1) is 17.0 Å². The number of carbonyl (C=O) groups is 1. The number of rotatable bonds is 5. The van der Waals surface area contributed by atoms with Gasteiger partial charge in [0.05, 0.1) is 31.9 Å². The van der Waals surface area contributed by atoms with Crippen molar-refractivity contribution < 1.29 is 9.72 Å². The monoisotopic (exact) mass is 399 g/mol. The number of hydrogen-bond donors (Lipinski definition) is 2. The summed E-state index contributed by atoms with van der Waals surface area (Å²) in [5, 5.41) is 14.7. The van der Waals surface area contributed by atoms with E-state index in [4.69, 9.17) is 0 Å². The molecule has 0 aliphatic carbocycles. The molecule has 2 N–H and O–H groups in total. The van der Waals surface area contributed by atoms with Gasteiger partial charge in [-0.3, -0.25) is 14.9 Å². The second-order valence-corrected chi connectivity index (χ2v) is 7.82. The summed E-state index contributed by atoms with van der Waals surface area (Å²) in [5.74, 6) is -0.0419. The first-order valence-electron chi connectivity index (χ1n) is 7.92. The van der Waals surface area contributed by atoms with Gasteiger partial charge < -0.3 is 10.3 Å². The summed E-state index contributed by atoms with van der Waals surface area (Å²) in [4.78, 5) is 34.5. The molecule has 0 unspecified atom stereocenters. The standard InChI is InChI=1S/C17H13N5O3S2/c1-9-2-4-11-13(6-9)20-16(18-11)26-8-15(23)21-17-19-12-5-3-10(22(24)25)7-14(12)27-17/h2-7H,8H2,1H3,(H,18,20)(H,19,21,23). The van der Waals surface area contributed by atoms with Gasteiger partial charge in [-0.2, -0.15) is 0 Å². The SMILES string of the molecule is Cc1ccc2nc(SCC(=O)Nc3nc4ccc([N+](=O)[O-])cc4s3)[nH]c2c1. The minimum atomic E-state index is -0.455. The van der Waals surface area contributed by atoms with Gasteiger partial charge in [0.25, 0.3) is 5.69 Å². The second-order valence-electron chi connectivity index (χ2n) is 5.83. The van der Waals surface area contributed by atoms with Crippen LogP contribution in [0.1, 0.15) is 5.56 Å². The van der Waals surface area contributed by atoms with Gasteiger partial charge in [0.15, 0.2) is 10.3 Å². The van der Waals surface area contributed by atoms with E-state index in [1.165, 1.54) is 35.2 Å². The van der Waals surface area contributed by atoms with Crippen molar-refractivity contribution in [2.45, 2.75) is 12.1 Å². The van der Waals surface area contributed by atoms with Crippen molar-refractivity contribution in [3.8, 4) is 0 Å². The average molecular weight is 399 g/mol. The van der Waals surface area contributed by atoms with Crippen molar-refractivity contribution in [2.75, 3.05) is 11.1 Å². The van der Waals surface area contributed by atoms with Crippen LogP contribution in [-0.4, -0.2) is 31.5 Å². The summed E-state index contributed by atoms with van der Waals surface area (Å²) < 4.78 is 0.653. The molecule has 0 saturated heterocycles. The summed E-state index contributed by atoms with van der Waals surface area (Å²) in [5.41, 5.74) is 3.54. The number of aromatic nitrogens is 3. The number of thiazole rings is 1. The van der Waals surface area contributed by atoms with Crippen molar-refractivity contribution in [1.29, 1.82) is 0 Å². The largest absolute Gasteiger partial charge is 0.333 e. The van der Waals surface area contributed by atoms with Gasteiger partial charge in [-0.05, 0) is 30.7 Å². The molecule has 0 spiro atoms. The van der Waals surface area contributed by atoms with Gasteiger partial charge in [0, 0.05) is 12.1 Å². The van der Waals surface area contributed by atoms with Crippen LogP contribution in [0.15, 0.2) is 41.6 Å². The number of anilines is 1. The summed E-state index contributed by atoms with van der Waals surface area (Å²) in [6.45, 7) is 2.01. The molecule has 1 amide bonds. The van der Waals surface area contributed by atoms with E-state index in [1.54, 1.807) is 6.07 Å². The summed E-state index contributed by atoms with van der Waals surface area (Å²) >= 11 is 2.51. The molecule has 4 rings (SSSR count). The number of amides is 1. The third-order valence-corrected chi connectivity index (χ3v) is 5.59. The number of H-pyrrole nitrogens is 1. The van der Waals surface area contributed by atoms with Gasteiger partial charge in [-0.1, -0.05) is 29.2 Å². The molecule has 2 heterocycles. The number of thioether (sulfide) groups is 1. The maximum Gasteiger partial charge on any atom is 0.270 e. The molecule has 0 bridgehead atoms. The number of nitro groups is 1. The van der Waals surface area contributed by atoms with E-state index in [0.29, 0.717) is 20.5 Å². The second kappa shape index (κ2) is 6.97. The lowest BCUT2D eigenvalue weighted by Crippen LogP contribution is -2.13. The van der Waals surface area contributed by atoms with Crippen LogP contribution in [-0.2, 0) is 4.79 Å². The average Bonchev–Trinajstić information content (AvgIpc) is 3.21. The topological polar surface area (TPSA) is 114 Å². The first kappa shape index (κ1) is 17.4. The molecule has 10 heteroatoms. The highest BCUT2D eigenvalue weighted by atomic mass is 32.2. The smallest absolute Gasteiger partial charge is 0.270 e. The molecule has 2 aromatic heterocycles. The fourth-order valence-electron chi connectivity index (χ4n) is 2.54. The number of benzene rings is 2. The molecule has 4 aromatic rings. The molecular formula is C17H13N5O3S2. The Morgan fingerprint density at radius 2 is 2.07 bits per heavy atom. The molecule has 136 valence electrons. The molecule has 2 aromatic carbocycles. The van der Waals surface area contributed by atoms with Crippen molar-refractivity contribution in [1.82, 2.24) is 15.0 Å². The van der Waals surface area contributed by atoms with E-state index in [1.807, 2.05) is 25.1 Å². The van der Waals surface area contributed by atoms with E-state index in [-0.39, 0.29) is 17.3 Å². The molecule has 0 saturated carbocycles. The van der Waals surface area contributed by atoms with Gasteiger partial charge >= 0.3 is 0 Å². The Balaban J connectivity index is 1.42. The van der Waals surface area contributed by atoms with Gasteiger partial charge in [-0.25, -0.2) is 9.97 Å². The van der Waals surface area contributed by atoms with Gasteiger partial charge in [0.2, 0.25) is 5.91 Å². The van der Waals surface area contributed by atoms with E-state index in [0.717, 1.165) is 16.6 Å². The predicted octanol–water partition coefficient (Wildman–Crippen LogP) is 4.12. The zero-order valence-corrected chi connectivity index (χ0v) is 15.7. The third kappa shape index (κ3) is 3.76. The summed E-state index contributed by atoms with van der Waals surface area (Å²) in [6, 6.07) is 10.4. The number of nitro benzene ring substituents is 1. The lowest BCUT2D eigenvalue weighted by Gasteiger charge is -1.99. The molecule has 0 aliphatic heterocycles. The molecular weight excluding hydrogens is 386 g/mol. The Labute approximate surface area is 161 Å². The first-order valence-corrected chi connectivity index (χ1v) is 9.72. The highest BCUT2D eigenvalue weighted by molar-refractivity contribution is 7.99. The van der Waals surface area contributed by atoms with E-state index in [9.17, 15) is 14.9 Å². The third-order valence-electron chi connectivity index (χ3n) is 3.78. The highest BCUT2D eigenvalue weighted by Gasteiger charge is 2.13. The normalized spacial score (nSPS) is 11.1. The van der Waals surface area contributed by atoms with E-state index >= 15 is 0 Å². The van der Waals surface area contributed by atoms with Crippen LogP contribution in [0.4, 0.5) is 10.8 Å². The van der Waals surface area contributed by atoms with Gasteiger partial charge in [0.1, 0.15) is 0 Å². The van der Waals surface area contributed by atoms with E-state index in [2.05, 4.69) is 20.3 Å². The Bertz CT molecular complexity index is 1180. The number of hydrogen-bond acceptors (Lipinski definition) is 7. The number of nitrogens with zero attached hydrogens (tertiary/aromatic N) is 3. The highest BCUT2D eigenvalue weighted by Crippen LogP contribution is 2.29. The Kier molecular flexibility index (Phi) is 4.50. The molecule has 8 nitrogen and oxygen atoms in total. The summed E-state index contributed by atoms with van der Waals surface area (Å²) in [6.07, 6.45) is 0. The lowest BCUT2D eigenvalue weighted by molar-refractivity contribution is -0.384. The van der Waals surface area contributed by atoms with Crippen LogP contribution < -0.4 is 5.32 Å². The minimum Gasteiger partial charge on any atom is -0.333 e. The molecule has 27 heavy (non-hydrogen) atoms. The number of aryl methyl sites for hydroxylation is 1. The predicted molar refractivity (Wildman–Crippen MR) is 106 cm³/mol. The fraction of sp³-hybridized carbons (Fsp3) is 0.118. The molecule has 0 radical (unpaired) electrons. The quantitative estimate of drug-likeness (QED) is 0.296. The zero-order valence-electron chi connectivity index (χ0n) is 14.1. The molecule has 0 aliphatic rings. The number of nitrogens with one attached hydrogen (secondary N) is 2. The van der Waals surface area contributed by atoms with E-state index < -0.39 is 4.92 Å². The fourth-order valence-corrected chi connectivity index (χ4v) is 4.14. The number of fused-ring (bicyclic) bond motifs is 2. The minimum absolute atomic E-state index is 0.000274. The Morgan fingerprint density at radius 1 is 1.26 bits per heavy atom. The van der Waals surface area contributed by atoms with Gasteiger partial charge in [-0.15, -0.1) is 0 Å². The van der Waals surface area contributed by atoms with Crippen molar-refractivity contribution >= 4 is 61.1 Å². The zero-order chi connectivity index (χ0) is 19.0. The Morgan fingerprint density at radius 3 is 2.89 bits per heavy atom. The lowest BCUT2D eigenvalue weighted by atomic mass is 10.2. The van der Waals surface area contributed by atoms with Crippen molar-refractivity contribution in [3.05, 3.63) is 52.1 Å². The molecule has 0 fully saturated rings. The van der Waals surface area contributed by atoms with Crippen LogP contribution in [0.25, 0.3) is 21.3 Å². The maximum atomic E-state index is 12.2. The van der Waals surface area contributed by atoms with Crippen LogP contribution in [0.3, 0.4) is 0 Å². The Hall–Kier alpha value is -2.98. The summed E-state index contributed by atoms with van der Waals surface area (Å²) in [7, 11) is 0. The van der Waals surface area contributed by atoms with Crippen molar-refractivity contribution in [2.24, 2.45) is 0 Å². The maximum absolute atomic E-state index is 12.2. The number of imidazole rings is 1. The van der Waals surface area contributed by atoms with Crippen LogP contribution >= 0.6 is 23.1 Å². The van der Waals surface area contributed by atoms with Crippen LogP contribution in [0.2, 0.25) is 0 Å². The first-order chi connectivity index (χ1) is 13.0. The van der Waals surface area contributed by atoms with Crippen molar-refractivity contribution in [3.63, 3.8) is 0 Å². The molecule has 0 atom stereocenters.